The number of nitrogens with zero attached hydrogens (tertiary/aromatic N) is 1. The van der Waals surface area contributed by atoms with Gasteiger partial charge in [0, 0.05) is 30.6 Å². The van der Waals surface area contributed by atoms with E-state index in [2.05, 4.69) is 24.1 Å². The van der Waals surface area contributed by atoms with Crippen molar-refractivity contribution in [1.29, 1.82) is 0 Å². The third-order valence-corrected chi connectivity index (χ3v) is 4.81. The fraction of sp³-hybridized carbons (Fsp3) is 0.562. The third-order valence-electron chi connectivity index (χ3n) is 4.25. The summed E-state index contributed by atoms with van der Waals surface area (Å²) in [5, 5.41) is 3.85. The monoisotopic (exact) mass is 343 g/mol. The van der Waals surface area contributed by atoms with Crippen LogP contribution < -0.4 is 11.1 Å². The van der Waals surface area contributed by atoms with Crippen LogP contribution in [0.5, 0.6) is 0 Å². The van der Waals surface area contributed by atoms with E-state index in [9.17, 15) is 4.79 Å². The molecule has 22 heavy (non-hydrogen) atoms. The fourth-order valence-corrected chi connectivity index (χ4v) is 3.08. The highest BCUT2D eigenvalue weighted by Gasteiger charge is 2.33. The van der Waals surface area contributed by atoms with Gasteiger partial charge in [-0.05, 0) is 36.6 Å². The van der Waals surface area contributed by atoms with Crippen molar-refractivity contribution >= 4 is 34.8 Å². The Hall–Kier alpha value is -0.810. The van der Waals surface area contributed by atoms with Crippen molar-refractivity contribution < 1.29 is 4.79 Å². The summed E-state index contributed by atoms with van der Waals surface area (Å²) in [7, 11) is 0. The van der Waals surface area contributed by atoms with Gasteiger partial charge in [0.2, 0.25) is 5.91 Å². The smallest absolute Gasteiger partial charge is 0.225 e. The van der Waals surface area contributed by atoms with Gasteiger partial charge in [-0.3, -0.25) is 4.79 Å². The molecule has 1 aliphatic heterocycles. The molecular formula is C16H23Cl2N3O. The molecule has 0 bridgehead atoms. The number of hydrogen-bond donors (Lipinski definition) is 2. The van der Waals surface area contributed by atoms with Gasteiger partial charge in [-0.25, -0.2) is 0 Å². The van der Waals surface area contributed by atoms with Gasteiger partial charge in [0.25, 0.3) is 0 Å². The number of nitrogens with two attached hydrogens (primary N) is 1. The van der Waals surface area contributed by atoms with Crippen LogP contribution in [0.4, 0.5) is 5.69 Å². The average Bonchev–Trinajstić information content (AvgIpc) is 2.44. The molecule has 3 N–H and O–H groups in total. The second-order valence-electron chi connectivity index (χ2n) is 6.58. The number of hydrogen-bond acceptors (Lipinski definition) is 3. The molecule has 0 saturated carbocycles. The Morgan fingerprint density at radius 1 is 1.45 bits per heavy atom. The Bertz CT molecular complexity index is 548. The van der Waals surface area contributed by atoms with Crippen molar-refractivity contribution in [2.75, 3.05) is 25.0 Å². The molecule has 0 aromatic heterocycles. The van der Waals surface area contributed by atoms with Crippen molar-refractivity contribution in [3.8, 4) is 0 Å². The third kappa shape index (κ3) is 4.59. The first-order chi connectivity index (χ1) is 10.3. The minimum absolute atomic E-state index is 0.0585. The second-order valence-corrected chi connectivity index (χ2v) is 7.43. The number of rotatable bonds is 4. The quantitative estimate of drug-likeness (QED) is 0.880. The number of likely N-dealkylation sites (tertiary alicyclic amines) is 1. The number of piperidine rings is 1. The van der Waals surface area contributed by atoms with Gasteiger partial charge in [-0.1, -0.05) is 37.0 Å². The summed E-state index contributed by atoms with van der Waals surface area (Å²) in [6, 6.07) is 5.25. The molecule has 4 nitrogen and oxygen atoms in total. The zero-order valence-corrected chi connectivity index (χ0v) is 14.5. The predicted molar refractivity (Wildman–Crippen MR) is 92.5 cm³/mol. The number of carbonyl (C=O) groups excluding carboxylic acids is 1. The van der Waals surface area contributed by atoms with Crippen molar-refractivity contribution in [2.45, 2.75) is 32.7 Å². The second kappa shape index (κ2) is 7.18. The molecule has 2 rings (SSSR count). The van der Waals surface area contributed by atoms with Crippen LogP contribution in [-0.2, 0) is 4.79 Å². The summed E-state index contributed by atoms with van der Waals surface area (Å²) in [5.74, 6) is -0.0585. The number of anilines is 1. The Labute approximate surface area is 141 Å². The first-order valence-corrected chi connectivity index (χ1v) is 8.26. The van der Waals surface area contributed by atoms with Gasteiger partial charge in [-0.15, -0.1) is 0 Å². The fourth-order valence-electron chi connectivity index (χ4n) is 2.74. The molecule has 1 saturated heterocycles. The first kappa shape index (κ1) is 17.5. The highest BCUT2D eigenvalue weighted by molar-refractivity contribution is 6.35. The van der Waals surface area contributed by atoms with Crippen LogP contribution in [0, 0.1) is 5.41 Å². The zero-order chi connectivity index (χ0) is 16.3. The van der Waals surface area contributed by atoms with Gasteiger partial charge in [0.05, 0.1) is 10.7 Å². The van der Waals surface area contributed by atoms with Crippen LogP contribution in [-0.4, -0.2) is 36.5 Å². The molecule has 0 radical (unpaired) electrons. The van der Waals surface area contributed by atoms with E-state index in [1.807, 2.05) is 0 Å². The zero-order valence-electron chi connectivity index (χ0n) is 13.0. The summed E-state index contributed by atoms with van der Waals surface area (Å²) in [6.07, 6.45) is 1.39. The topological polar surface area (TPSA) is 58.4 Å². The van der Waals surface area contributed by atoms with E-state index in [-0.39, 0.29) is 17.4 Å². The number of amides is 1. The minimum atomic E-state index is -0.0585. The van der Waals surface area contributed by atoms with Crippen molar-refractivity contribution in [3.63, 3.8) is 0 Å². The van der Waals surface area contributed by atoms with Crippen LogP contribution in [0.3, 0.4) is 0 Å². The normalized spacial score (nSPS) is 21.6. The lowest BCUT2D eigenvalue weighted by Crippen LogP contribution is -2.52. The standard InChI is InChI=1S/C16H23Cl2N3O/c1-16(2)10-21(7-5-14(16)19)8-6-15(22)20-13-9-11(17)3-4-12(13)18/h3-4,9,14H,5-8,10,19H2,1-2H3,(H,20,22). The van der Waals surface area contributed by atoms with Crippen LogP contribution >= 0.6 is 23.2 Å². The molecule has 1 amide bonds. The lowest BCUT2D eigenvalue weighted by molar-refractivity contribution is -0.116. The molecule has 1 aromatic carbocycles. The van der Waals surface area contributed by atoms with Crippen LogP contribution in [0.2, 0.25) is 10.0 Å². The molecule has 1 atom stereocenters. The largest absolute Gasteiger partial charge is 0.327 e. The molecule has 6 heteroatoms. The van der Waals surface area contributed by atoms with E-state index in [1.165, 1.54) is 0 Å². The molecule has 1 aromatic rings. The van der Waals surface area contributed by atoms with Crippen LogP contribution in [0.1, 0.15) is 26.7 Å². The molecule has 122 valence electrons. The Balaban J connectivity index is 1.84. The SMILES string of the molecule is CC1(C)CN(CCC(=O)Nc2cc(Cl)ccc2Cl)CCC1N. The number of halogens is 2. The molecular weight excluding hydrogens is 321 g/mol. The number of benzene rings is 1. The highest BCUT2D eigenvalue weighted by Crippen LogP contribution is 2.28. The molecule has 0 aliphatic carbocycles. The van der Waals surface area contributed by atoms with Gasteiger partial charge in [0.1, 0.15) is 0 Å². The Morgan fingerprint density at radius 3 is 2.86 bits per heavy atom. The molecule has 0 spiro atoms. The van der Waals surface area contributed by atoms with E-state index in [0.29, 0.717) is 22.2 Å². The highest BCUT2D eigenvalue weighted by atomic mass is 35.5. The summed E-state index contributed by atoms with van der Waals surface area (Å²) in [6.45, 7) is 6.93. The maximum Gasteiger partial charge on any atom is 0.225 e. The van der Waals surface area contributed by atoms with Crippen LogP contribution in [0.25, 0.3) is 0 Å². The number of nitrogens with one attached hydrogen (secondary N) is 1. The Kier molecular flexibility index (Phi) is 5.72. The summed E-state index contributed by atoms with van der Waals surface area (Å²) >= 11 is 12.0. The maximum atomic E-state index is 12.1. The van der Waals surface area contributed by atoms with E-state index in [1.54, 1.807) is 18.2 Å². The van der Waals surface area contributed by atoms with Gasteiger partial charge >= 0.3 is 0 Å². The van der Waals surface area contributed by atoms with E-state index in [4.69, 9.17) is 28.9 Å². The van der Waals surface area contributed by atoms with Gasteiger partial charge in [-0.2, -0.15) is 0 Å². The van der Waals surface area contributed by atoms with Gasteiger partial charge in [0.15, 0.2) is 0 Å². The average molecular weight is 344 g/mol. The van der Waals surface area contributed by atoms with E-state index >= 15 is 0 Å². The lowest BCUT2D eigenvalue weighted by Gasteiger charge is -2.42. The molecule has 1 heterocycles. The van der Waals surface area contributed by atoms with Crippen molar-refractivity contribution in [2.24, 2.45) is 11.1 Å². The summed E-state index contributed by atoms with van der Waals surface area (Å²) in [5.41, 5.74) is 6.77. The lowest BCUT2D eigenvalue weighted by atomic mass is 9.80. The van der Waals surface area contributed by atoms with Crippen molar-refractivity contribution in [3.05, 3.63) is 28.2 Å². The Morgan fingerprint density at radius 2 is 2.18 bits per heavy atom. The minimum Gasteiger partial charge on any atom is -0.327 e. The molecule has 1 fully saturated rings. The van der Waals surface area contributed by atoms with Gasteiger partial charge < -0.3 is 16.0 Å². The van der Waals surface area contributed by atoms with Crippen LogP contribution in [0.15, 0.2) is 18.2 Å². The van der Waals surface area contributed by atoms with Crippen molar-refractivity contribution in [1.82, 2.24) is 4.90 Å². The summed E-state index contributed by atoms with van der Waals surface area (Å²) < 4.78 is 0. The van der Waals surface area contributed by atoms with E-state index < -0.39 is 0 Å². The number of carbonyl (C=O) groups is 1. The molecule has 1 aliphatic rings. The first-order valence-electron chi connectivity index (χ1n) is 7.51. The summed E-state index contributed by atoms with van der Waals surface area (Å²) in [4.78, 5) is 14.4. The van der Waals surface area contributed by atoms with E-state index in [0.717, 1.165) is 26.1 Å². The molecule has 1 unspecified atom stereocenters. The predicted octanol–water partition coefficient (Wildman–Crippen LogP) is 3.38. The maximum absolute atomic E-state index is 12.1.